The number of hydrogen-bond donors (Lipinski definition) is 0. The van der Waals surface area contributed by atoms with Crippen LogP contribution in [0.25, 0.3) is 11.4 Å². The van der Waals surface area contributed by atoms with Gasteiger partial charge in [-0.25, -0.2) is 4.68 Å². The number of ether oxygens (including phenoxy) is 2. The fourth-order valence-electron chi connectivity index (χ4n) is 2.75. The van der Waals surface area contributed by atoms with Crippen LogP contribution < -0.4 is 9.47 Å². The van der Waals surface area contributed by atoms with Crippen LogP contribution in [-0.2, 0) is 13.7 Å². The van der Waals surface area contributed by atoms with Crippen LogP contribution >= 0.6 is 23.8 Å². The maximum atomic E-state index is 5.97. The van der Waals surface area contributed by atoms with Gasteiger partial charge in [0.15, 0.2) is 10.6 Å². The lowest BCUT2D eigenvalue weighted by molar-refractivity contribution is 0.198. The number of rotatable bonds is 8. The summed E-state index contributed by atoms with van der Waals surface area (Å²) in [5.74, 6) is 2.39. The van der Waals surface area contributed by atoms with E-state index in [1.165, 1.54) is 0 Å². The zero-order chi connectivity index (χ0) is 20.1. The molecule has 0 aliphatic carbocycles. The average Bonchev–Trinajstić information content (AvgIpc) is 2.96. The van der Waals surface area contributed by atoms with Crippen LogP contribution in [0.3, 0.4) is 0 Å². The van der Waals surface area contributed by atoms with Crippen molar-refractivity contribution in [3.63, 3.8) is 0 Å². The minimum Gasteiger partial charge on any atom is -0.497 e. The second-order valence-electron chi connectivity index (χ2n) is 6.42. The largest absolute Gasteiger partial charge is 0.497 e. The quantitative estimate of drug-likeness (QED) is 0.512. The van der Waals surface area contributed by atoms with Gasteiger partial charge in [0.1, 0.15) is 18.1 Å². The van der Waals surface area contributed by atoms with E-state index in [4.69, 9.17) is 33.3 Å². The van der Waals surface area contributed by atoms with Crippen molar-refractivity contribution in [2.45, 2.75) is 6.67 Å². The van der Waals surface area contributed by atoms with Gasteiger partial charge in [-0.15, -0.1) is 0 Å². The summed E-state index contributed by atoms with van der Waals surface area (Å²) in [5, 5.41) is 5.35. The minimum atomic E-state index is 0.544. The van der Waals surface area contributed by atoms with Crippen LogP contribution in [0.4, 0.5) is 0 Å². The average molecular weight is 419 g/mol. The predicted molar refractivity (Wildman–Crippen MR) is 114 cm³/mol. The molecule has 0 radical (unpaired) electrons. The molecular formula is C20H23ClN4O2S. The standard InChI is InChI=1S/C20H23ClN4O2S/c1-23(11-12-27-18-6-4-5-16(21)13-18)14-25-20(28)24(2)19(22-25)15-7-9-17(26-3)10-8-15/h4-10,13H,11-12,14H2,1-3H3. The first-order valence-corrected chi connectivity index (χ1v) is 9.61. The van der Waals surface area contributed by atoms with E-state index in [1.807, 2.05) is 65.8 Å². The summed E-state index contributed by atoms with van der Waals surface area (Å²) < 4.78 is 15.3. The summed E-state index contributed by atoms with van der Waals surface area (Å²) in [6.07, 6.45) is 0. The molecule has 28 heavy (non-hydrogen) atoms. The lowest BCUT2D eigenvalue weighted by Crippen LogP contribution is -2.27. The van der Waals surface area contributed by atoms with Crippen molar-refractivity contribution in [3.05, 3.63) is 58.3 Å². The number of methoxy groups -OCH3 is 1. The van der Waals surface area contributed by atoms with E-state index in [0.717, 1.165) is 29.4 Å². The fourth-order valence-corrected chi connectivity index (χ4v) is 3.11. The van der Waals surface area contributed by atoms with Gasteiger partial charge in [0.2, 0.25) is 0 Å². The Bertz CT molecular complexity index is 985. The van der Waals surface area contributed by atoms with Gasteiger partial charge in [0.05, 0.1) is 13.8 Å². The minimum absolute atomic E-state index is 0.544. The summed E-state index contributed by atoms with van der Waals surface area (Å²) in [6.45, 7) is 1.84. The van der Waals surface area contributed by atoms with Crippen molar-refractivity contribution in [2.75, 3.05) is 27.3 Å². The zero-order valence-corrected chi connectivity index (χ0v) is 17.7. The van der Waals surface area contributed by atoms with Gasteiger partial charge >= 0.3 is 0 Å². The van der Waals surface area contributed by atoms with Crippen molar-refractivity contribution >= 4 is 23.8 Å². The Morgan fingerprint density at radius 3 is 2.57 bits per heavy atom. The van der Waals surface area contributed by atoms with Crippen LogP contribution in [0.5, 0.6) is 11.5 Å². The fraction of sp³-hybridized carbons (Fsp3) is 0.300. The van der Waals surface area contributed by atoms with Crippen molar-refractivity contribution in [1.82, 2.24) is 19.2 Å². The molecule has 8 heteroatoms. The van der Waals surface area contributed by atoms with Crippen molar-refractivity contribution in [3.8, 4) is 22.9 Å². The van der Waals surface area contributed by atoms with E-state index >= 15 is 0 Å². The molecule has 0 atom stereocenters. The van der Waals surface area contributed by atoms with Crippen molar-refractivity contribution in [1.29, 1.82) is 0 Å². The molecule has 0 aliphatic heterocycles. The highest BCUT2D eigenvalue weighted by molar-refractivity contribution is 7.71. The molecule has 0 N–H and O–H groups in total. The van der Waals surface area contributed by atoms with Gasteiger partial charge in [0.25, 0.3) is 0 Å². The van der Waals surface area contributed by atoms with Crippen LogP contribution in [0.1, 0.15) is 0 Å². The van der Waals surface area contributed by atoms with Gasteiger partial charge in [0, 0.05) is 24.2 Å². The van der Waals surface area contributed by atoms with Gasteiger partial charge in [-0.1, -0.05) is 17.7 Å². The lowest BCUT2D eigenvalue weighted by atomic mass is 10.2. The summed E-state index contributed by atoms with van der Waals surface area (Å²) in [6, 6.07) is 15.2. The Hall–Kier alpha value is -2.35. The number of nitrogens with zero attached hydrogens (tertiary/aromatic N) is 4. The zero-order valence-electron chi connectivity index (χ0n) is 16.1. The highest BCUT2D eigenvalue weighted by atomic mass is 35.5. The number of benzene rings is 2. The number of hydrogen-bond acceptors (Lipinski definition) is 5. The SMILES string of the molecule is COc1ccc(-c2nn(CN(C)CCOc3cccc(Cl)c3)c(=S)n2C)cc1. The molecule has 1 aromatic heterocycles. The summed E-state index contributed by atoms with van der Waals surface area (Å²) in [7, 11) is 5.58. The normalized spacial score (nSPS) is 11.0. The first-order valence-electron chi connectivity index (χ1n) is 8.83. The molecule has 0 bridgehead atoms. The van der Waals surface area contributed by atoms with Crippen LogP contribution in [-0.4, -0.2) is 46.6 Å². The Labute approximate surface area is 174 Å². The highest BCUT2D eigenvalue weighted by Crippen LogP contribution is 2.21. The third kappa shape index (κ3) is 4.92. The van der Waals surface area contributed by atoms with Crippen molar-refractivity contribution < 1.29 is 9.47 Å². The van der Waals surface area contributed by atoms with Crippen LogP contribution in [0, 0.1) is 4.77 Å². The molecule has 0 saturated carbocycles. The molecule has 0 spiro atoms. The number of halogens is 1. The summed E-state index contributed by atoms with van der Waals surface area (Å²) >= 11 is 11.5. The summed E-state index contributed by atoms with van der Waals surface area (Å²) in [4.78, 5) is 2.10. The second-order valence-corrected chi connectivity index (χ2v) is 7.22. The Balaban J connectivity index is 1.62. The topological polar surface area (TPSA) is 44.4 Å². The third-order valence-corrected chi connectivity index (χ3v) is 5.02. The van der Waals surface area contributed by atoms with Gasteiger partial charge in [-0.2, -0.15) is 5.10 Å². The number of likely N-dealkylation sites (N-methyl/N-ethyl adjacent to an activating group) is 1. The van der Waals surface area contributed by atoms with E-state index in [9.17, 15) is 0 Å². The molecule has 0 saturated heterocycles. The Morgan fingerprint density at radius 2 is 1.89 bits per heavy atom. The van der Waals surface area contributed by atoms with Gasteiger partial charge in [-0.05, 0) is 61.7 Å². The van der Waals surface area contributed by atoms with Gasteiger partial charge < -0.3 is 14.0 Å². The van der Waals surface area contributed by atoms with E-state index in [-0.39, 0.29) is 0 Å². The molecule has 0 amide bonds. The molecular weight excluding hydrogens is 396 g/mol. The first kappa shape index (κ1) is 20.4. The van der Waals surface area contributed by atoms with E-state index in [1.54, 1.807) is 13.2 Å². The van der Waals surface area contributed by atoms with E-state index in [0.29, 0.717) is 23.1 Å². The highest BCUT2D eigenvalue weighted by Gasteiger charge is 2.11. The predicted octanol–water partition coefficient (Wildman–Crippen LogP) is 4.25. The monoisotopic (exact) mass is 418 g/mol. The molecule has 3 rings (SSSR count). The molecule has 2 aromatic carbocycles. The molecule has 0 unspecified atom stereocenters. The molecule has 0 aliphatic rings. The van der Waals surface area contributed by atoms with Crippen LogP contribution in [0.2, 0.25) is 5.02 Å². The maximum absolute atomic E-state index is 5.97. The lowest BCUT2D eigenvalue weighted by Gasteiger charge is -2.16. The molecule has 0 fully saturated rings. The van der Waals surface area contributed by atoms with E-state index < -0.39 is 0 Å². The molecule has 6 nitrogen and oxygen atoms in total. The van der Waals surface area contributed by atoms with Crippen molar-refractivity contribution in [2.24, 2.45) is 7.05 Å². The third-order valence-electron chi connectivity index (χ3n) is 4.30. The molecule has 3 aromatic rings. The Kier molecular flexibility index (Phi) is 6.72. The van der Waals surface area contributed by atoms with Gasteiger partial charge in [-0.3, -0.25) is 4.90 Å². The van der Waals surface area contributed by atoms with Crippen LogP contribution in [0.15, 0.2) is 48.5 Å². The molecule has 148 valence electrons. The Morgan fingerprint density at radius 1 is 1.14 bits per heavy atom. The number of aromatic nitrogens is 3. The molecule has 1 heterocycles. The first-order chi connectivity index (χ1) is 13.5. The van der Waals surface area contributed by atoms with E-state index in [2.05, 4.69) is 10.00 Å². The second kappa shape index (κ2) is 9.23. The smallest absolute Gasteiger partial charge is 0.199 e. The maximum Gasteiger partial charge on any atom is 0.199 e. The summed E-state index contributed by atoms with van der Waals surface area (Å²) in [5.41, 5.74) is 0.986.